The first-order chi connectivity index (χ1) is 12.9. The summed E-state index contributed by atoms with van der Waals surface area (Å²) >= 11 is 0. The Morgan fingerprint density at radius 2 is 2.00 bits per heavy atom. The van der Waals surface area contributed by atoms with Gasteiger partial charge < -0.3 is 10.6 Å². The number of benzene rings is 2. The molecule has 0 amide bonds. The fourth-order valence-electron chi connectivity index (χ4n) is 3.30. The minimum Gasteiger partial charge on any atom is -0.340 e. The van der Waals surface area contributed by atoms with E-state index in [2.05, 4.69) is 39.0 Å². The van der Waals surface area contributed by atoms with Crippen molar-refractivity contribution in [3.05, 3.63) is 60.6 Å². The van der Waals surface area contributed by atoms with Crippen molar-refractivity contribution in [1.29, 1.82) is 0 Å². The van der Waals surface area contributed by atoms with Crippen LogP contribution in [0.15, 0.2) is 54.7 Å². The molecular formula is C20H18N6. The molecule has 0 bridgehead atoms. The van der Waals surface area contributed by atoms with Gasteiger partial charge in [0.2, 0.25) is 0 Å². The summed E-state index contributed by atoms with van der Waals surface area (Å²) in [7, 11) is 0. The number of para-hydroxylation sites is 1. The maximum atomic E-state index is 4.85. The average molecular weight is 342 g/mol. The van der Waals surface area contributed by atoms with E-state index in [4.69, 9.17) is 9.97 Å². The van der Waals surface area contributed by atoms with E-state index < -0.39 is 0 Å². The molecule has 26 heavy (non-hydrogen) atoms. The standard InChI is InChI=1S/C20H18N6/c1-2-4-18-16(3-1)20(25-19(24-18)13-7-9-21-10-8-13)23-15-5-6-17-14(11-15)12-22-26-17/h1-7,11-12,21H,8-10H2,(H,22,26)(H,23,24,25). The van der Waals surface area contributed by atoms with Gasteiger partial charge in [-0.05, 0) is 48.9 Å². The summed E-state index contributed by atoms with van der Waals surface area (Å²) < 4.78 is 0. The van der Waals surface area contributed by atoms with Crippen molar-refractivity contribution in [2.45, 2.75) is 6.42 Å². The molecule has 3 heterocycles. The van der Waals surface area contributed by atoms with Gasteiger partial charge in [-0.25, -0.2) is 9.97 Å². The zero-order valence-electron chi connectivity index (χ0n) is 14.2. The highest BCUT2D eigenvalue weighted by molar-refractivity contribution is 5.93. The van der Waals surface area contributed by atoms with Gasteiger partial charge in [0.05, 0.1) is 17.2 Å². The minimum absolute atomic E-state index is 0.803. The maximum absolute atomic E-state index is 4.85. The van der Waals surface area contributed by atoms with Crippen molar-refractivity contribution in [3.8, 4) is 0 Å². The third-order valence-corrected chi connectivity index (χ3v) is 4.66. The molecule has 2 aromatic carbocycles. The van der Waals surface area contributed by atoms with E-state index in [0.29, 0.717) is 0 Å². The summed E-state index contributed by atoms with van der Waals surface area (Å²) in [5.41, 5.74) is 4.14. The molecule has 3 N–H and O–H groups in total. The van der Waals surface area contributed by atoms with Gasteiger partial charge in [-0.3, -0.25) is 5.10 Å². The minimum atomic E-state index is 0.803. The highest BCUT2D eigenvalue weighted by atomic mass is 15.1. The number of aromatic amines is 1. The smallest absolute Gasteiger partial charge is 0.157 e. The van der Waals surface area contributed by atoms with E-state index in [-0.39, 0.29) is 0 Å². The molecule has 0 radical (unpaired) electrons. The van der Waals surface area contributed by atoms with Gasteiger partial charge in [0.1, 0.15) is 5.82 Å². The van der Waals surface area contributed by atoms with E-state index in [1.807, 2.05) is 36.5 Å². The first kappa shape index (κ1) is 15.0. The molecule has 0 aliphatic carbocycles. The molecule has 6 nitrogen and oxygen atoms in total. The monoisotopic (exact) mass is 342 g/mol. The molecular weight excluding hydrogens is 324 g/mol. The molecule has 0 unspecified atom stereocenters. The number of nitrogens with one attached hydrogen (secondary N) is 3. The van der Waals surface area contributed by atoms with Gasteiger partial charge in [-0.2, -0.15) is 5.10 Å². The summed E-state index contributed by atoms with van der Waals surface area (Å²) in [6.07, 6.45) is 4.94. The number of nitrogens with zero attached hydrogens (tertiary/aromatic N) is 3. The molecule has 5 rings (SSSR count). The topological polar surface area (TPSA) is 78.5 Å². The summed E-state index contributed by atoms with van der Waals surface area (Å²) in [5, 5.41) is 15.9. The van der Waals surface area contributed by atoms with Crippen LogP contribution in [0.3, 0.4) is 0 Å². The Morgan fingerprint density at radius 1 is 1.04 bits per heavy atom. The van der Waals surface area contributed by atoms with Crippen molar-refractivity contribution < 1.29 is 0 Å². The number of rotatable bonds is 3. The van der Waals surface area contributed by atoms with E-state index in [0.717, 1.165) is 58.6 Å². The van der Waals surface area contributed by atoms with E-state index >= 15 is 0 Å². The fourth-order valence-corrected chi connectivity index (χ4v) is 3.30. The molecule has 0 atom stereocenters. The molecule has 0 saturated carbocycles. The second-order valence-corrected chi connectivity index (χ2v) is 6.39. The maximum Gasteiger partial charge on any atom is 0.157 e. The second-order valence-electron chi connectivity index (χ2n) is 6.39. The summed E-state index contributed by atoms with van der Waals surface area (Å²) in [6, 6.07) is 14.2. The van der Waals surface area contributed by atoms with Crippen LogP contribution in [0.4, 0.5) is 11.5 Å². The second kappa shape index (κ2) is 6.24. The SMILES string of the molecule is C1=C(c2nc(Nc3ccc4[nH]ncc4c3)c3ccccc3n2)CCNC1. The van der Waals surface area contributed by atoms with Crippen molar-refractivity contribution in [3.63, 3.8) is 0 Å². The van der Waals surface area contributed by atoms with Crippen LogP contribution in [-0.2, 0) is 0 Å². The van der Waals surface area contributed by atoms with Gasteiger partial charge in [0.25, 0.3) is 0 Å². The third kappa shape index (κ3) is 2.70. The molecule has 4 aromatic rings. The third-order valence-electron chi connectivity index (χ3n) is 4.66. The number of fused-ring (bicyclic) bond motifs is 2. The fraction of sp³-hybridized carbons (Fsp3) is 0.150. The van der Waals surface area contributed by atoms with E-state index in [1.54, 1.807) is 0 Å². The Morgan fingerprint density at radius 3 is 2.92 bits per heavy atom. The molecule has 2 aromatic heterocycles. The molecule has 0 saturated heterocycles. The highest BCUT2D eigenvalue weighted by Gasteiger charge is 2.13. The van der Waals surface area contributed by atoms with Gasteiger partial charge in [-0.1, -0.05) is 18.2 Å². The van der Waals surface area contributed by atoms with Crippen molar-refractivity contribution in [1.82, 2.24) is 25.5 Å². The van der Waals surface area contributed by atoms with Gasteiger partial charge in [0, 0.05) is 23.0 Å². The molecule has 0 spiro atoms. The average Bonchev–Trinajstić information content (AvgIpc) is 3.16. The Kier molecular flexibility index (Phi) is 3.61. The lowest BCUT2D eigenvalue weighted by molar-refractivity contribution is 0.735. The number of aromatic nitrogens is 4. The summed E-state index contributed by atoms with van der Waals surface area (Å²) in [6.45, 7) is 1.83. The Balaban J connectivity index is 1.61. The highest BCUT2D eigenvalue weighted by Crippen LogP contribution is 2.28. The Bertz CT molecular complexity index is 1130. The molecule has 1 aliphatic heterocycles. The number of hydrogen-bond acceptors (Lipinski definition) is 5. The van der Waals surface area contributed by atoms with Crippen LogP contribution >= 0.6 is 0 Å². The predicted molar refractivity (Wildman–Crippen MR) is 104 cm³/mol. The van der Waals surface area contributed by atoms with Crippen LogP contribution in [0.5, 0.6) is 0 Å². The lowest BCUT2D eigenvalue weighted by atomic mass is 10.1. The number of anilines is 2. The van der Waals surface area contributed by atoms with Gasteiger partial charge in [0.15, 0.2) is 5.82 Å². The quantitative estimate of drug-likeness (QED) is 0.530. The van der Waals surface area contributed by atoms with Gasteiger partial charge in [-0.15, -0.1) is 0 Å². The molecule has 1 aliphatic rings. The van der Waals surface area contributed by atoms with Crippen molar-refractivity contribution >= 4 is 38.9 Å². The van der Waals surface area contributed by atoms with Crippen LogP contribution in [0.2, 0.25) is 0 Å². The van der Waals surface area contributed by atoms with Crippen LogP contribution in [0, 0.1) is 0 Å². The zero-order chi connectivity index (χ0) is 17.3. The van der Waals surface area contributed by atoms with Crippen LogP contribution in [0.25, 0.3) is 27.4 Å². The van der Waals surface area contributed by atoms with Crippen molar-refractivity contribution in [2.75, 3.05) is 18.4 Å². The first-order valence-electron chi connectivity index (χ1n) is 8.74. The summed E-state index contributed by atoms with van der Waals surface area (Å²) in [5.74, 6) is 1.63. The number of H-pyrrole nitrogens is 1. The molecule has 0 fully saturated rings. The van der Waals surface area contributed by atoms with Crippen LogP contribution < -0.4 is 10.6 Å². The van der Waals surface area contributed by atoms with Gasteiger partial charge >= 0.3 is 0 Å². The lowest BCUT2D eigenvalue weighted by Crippen LogP contribution is -2.20. The lowest BCUT2D eigenvalue weighted by Gasteiger charge is -2.15. The van der Waals surface area contributed by atoms with E-state index in [1.165, 1.54) is 5.57 Å². The zero-order valence-corrected chi connectivity index (χ0v) is 14.2. The molecule has 128 valence electrons. The largest absolute Gasteiger partial charge is 0.340 e. The van der Waals surface area contributed by atoms with Crippen LogP contribution in [-0.4, -0.2) is 33.3 Å². The van der Waals surface area contributed by atoms with Crippen molar-refractivity contribution in [2.24, 2.45) is 0 Å². The van der Waals surface area contributed by atoms with Crippen LogP contribution in [0.1, 0.15) is 12.2 Å². The predicted octanol–water partition coefficient (Wildman–Crippen LogP) is 3.63. The van der Waals surface area contributed by atoms with E-state index in [9.17, 15) is 0 Å². The first-order valence-corrected chi connectivity index (χ1v) is 8.74. The normalized spacial score (nSPS) is 14.5. The Labute approximate surface area is 150 Å². The molecule has 6 heteroatoms. The number of hydrogen-bond donors (Lipinski definition) is 3. The summed E-state index contributed by atoms with van der Waals surface area (Å²) in [4.78, 5) is 9.63. The Hall–Kier alpha value is -3.25.